The molecule has 0 aliphatic rings. The molecule has 0 fully saturated rings. The molecule has 4 N–H and O–H groups in total. The van der Waals surface area contributed by atoms with Crippen molar-refractivity contribution >= 4 is 6.29 Å². The van der Waals surface area contributed by atoms with E-state index in [-0.39, 0.29) is 6.42 Å². The fourth-order valence-electron chi connectivity index (χ4n) is 0.963. The summed E-state index contributed by atoms with van der Waals surface area (Å²) in [5, 5.41) is 36.0. The van der Waals surface area contributed by atoms with E-state index in [9.17, 15) is 15.0 Å². The second kappa shape index (κ2) is 6.04. The molecule has 0 aromatic carbocycles. The predicted molar refractivity (Wildman–Crippen MR) is 45.0 cm³/mol. The summed E-state index contributed by atoms with van der Waals surface area (Å²) in [7, 11) is 0. The molecular formula is C8H16O5. The molecule has 13 heavy (non-hydrogen) atoms. The zero-order valence-electron chi connectivity index (χ0n) is 7.50. The Labute approximate surface area is 76.6 Å². The van der Waals surface area contributed by atoms with Crippen LogP contribution in [0.1, 0.15) is 13.3 Å². The van der Waals surface area contributed by atoms with Crippen LogP contribution in [0, 0.1) is 5.92 Å². The van der Waals surface area contributed by atoms with Gasteiger partial charge in [0, 0.05) is 6.42 Å². The van der Waals surface area contributed by atoms with Crippen molar-refractivity contribution in [1.82, 2.24) is 0 Å². The zero-order valence-corrected chi connectivity index (χ0v) is 7.50. The van der Waals surface area contributed by atoms with Gasteiger partial charge in [0.05, 0.1) is 12.7 Å². The highest BCUT2D eigenvalue weighted by atomic mass is 16.4. The molecule has 0 radical (unpaired) electrons. The second-order valence-corrected chi connectivity index (χ2v) is 3.11. The van der Waals surface area contributed by atoms with Gasteiger partial charge in [-0.15, -0.1) is 0 Å². The third-order valence-corrected chi connectivity index (χ3v) is 1.98. The van der Waals surface area contributed by atoms with E-state index in [1.165, 1.54) is 0 Å². The summed E-state index contributed by atoms with van der Waals surface area (Å²) in [6.07, 6.45) is -3.25. The van der Waals surface area contributed by atoms with E-state index in [1.807, 2.05) is 0 Å². The highest BCUT2D eigenvalue weighted by Crippen LogP contribution is 2.12. The lowest BCUT2D eigenvalue weighted by atomic mass is 9.94. The van der Waals surface area contributed by atoms with Crippen LogP contribution in [0.5, 0.6) is 0 Å². The van der Waals surface area contributed by atoms with Crippen molar-refractivity contribution < 1.29 is 25.2 Å². The Kier molecular flexibility index (Phi) is 5.81. The van der Waals surface area contributed by atoms with Crippen molar-refractivity contribution in [2.75, 3.05) is 6.61 Å². The maximum absolute atomic E-state index is 10.1. The van der Waals surface area contributed by atoms with Crippen molar-refractivity contribution in [3.05, 3.63) is 0 Å². The average molecular weight is 192 g/mol. The van der Waals surface area contributed by atoms with Crippen LogP contribution in [0.25, 0.3) is 0 Å². The van der Waals surface area contributed by atoms with E-state index in [1.54, 1.807) is 6.92 Å². The van der Waals surface area contributed by atoms with E-state index in [0.717, 1.165) is 0 Å². The van der Waals surface area contributed by atoms with Gasteiger partial charge in [-0.2, -0.15) is 0 Å². The number of aliphatic hydroxyl groups is 4. The summed E-state index contributed by atoms with van der Waals surface area (Å²) >= 11 is 0. The maximum atomic E-state index is 10.1. The number of hydrogen-bond acceptors (Lipinski definition) is 5. The van der Waals surface area contributed by atoms with E-state index in [4.69, 9.17) is 10.2 Å². The van der Waals surface area contributed by atoms with Gasteiger partial charge in [-0.05, 0) is 5.92 Å². The number of carbonyl (C=O) groups is 1. The molecule has 5 heteroatoms. The molecule has 0 unspecified atom stereocenters. The van der Waals surface area contributed by atoms with Crippen molar-refractivity contribution in [1.29, 1.82) is 0 Å². The van der Waals surface area contributed by atoms with Crippen LogP contribution in [0.4, 0.5) is 0 Å². The molecule has 0 rings (SSSR count). The van der Waals surface area contributed by atoms with Gasteiger partial charge in [0.25, 0.3) is 0 Å². The lowest BCUT2D eigenvalue weighted by molar-refractivity contribution is -0.114. The monoisotopic (exact) mass is 192 g/mol. The topological polar surface area (TPSA) is 98.0 Å². The minimum Gasteiger partial charge on any atom is -0.394 e. The molecule has 0 spiro atoms. The van der Waals surface area contributed by atoms with Gasteiger partial charge < -0.3 is 25.2 Å². The molecule has 4 atom stereocenters. The van der Waals surface area contributed by atoms with E-state index >= 15 is 0 Å². The Morgan fingerprint density at radius 2 is 1.77 bits per heavy atom. The number of rotatable bonds is 6. The Morgan fingerprint density at radius 1 is 1.23 bits per heavy atom. The van der Waals surface area contributed by atoms with Crippen LogP contribution in [-0.2, 0) is 4.79 Å². The summed E-state index contributed by atoms with van der Waals surface area (Å²) in [4.78, 5) is 10.1. The quantitative estimate of drug-likeness (QED) is 0.375. The minimum atomic E-state index is -1.42. The maximum Gasteiger partial charge on any atom is 0.120 e. The molecule has 0 bridgehead atoms. The molecule has 0 aliphatic heterocycles. The first-order chi connectivity index (χ1) is 6.04. The van der Waals surface area contributed by atoms with Crippen LogP contribution in [0.15, 0.2) is 0 Å². The van der Waals surface area contributed by atoms with Crippen LogP contribution in [0.2, 0.25) is 0 Å². The Hall–Kier alpha value is -0.490. The fourth-order valence-corrected chi connectivity index (χ4v) is 0.963. The van der Waals surface area contributed by atoms with E-state index in [2.05, 4.69) is 0 Å². The third kappa shape index (κ3) is 3.82. The molecule has 0 saturated carbocycles. The van der Waals surface area contributed by atoms with Crippen LogP contribution in [-0.4, -0.2) is 51.6 Å². The van der Waals surface area contributed by atoms with Gasteiger partial charge in [0.2, 0.25) is 0 Å². The number of hydrogen-bond donors (Lipinski definition) is 4. The molecule has 0 saturated heterocycles. The van der Waals surface area contributed by atoms with Gasteiger partial charge in [0.15, 0.2) is 0 Å². The minimum absolute atomic E-state index is 0.108. The number of aldehydes is 1. The Bertz CT molecular complexity index is 149. The summed E-state index contributed by atoms with van der Waals surface area (Å²) in [5.74, 6) is -0.436. The lowest BCUT2D eigenvalue weighted by Gasteiger charge is -2.25. The van der Waals surface area contributed by atoms with Gasteiger partial charge in [-0.1, -0.05) is 6.92 Å². The van der Waals surface area contributed by atoms with Crippen LogP contribution >= 0.6 is 0 Å². The second-order valence-electron chi connectivity index (χ2n) is 3.11. The summed E-state index contributed by atoms with van der Waals surface area (Å²) in [6.45, 7) is 0.957. The van der Waals surface area contributed by atoms with Crippen molar-refractivity contribution in [3.63, 3.8) is 0 Å². The lowest BCUT2D eigenvalue weighted by Crippen LogP contribution is -2.42. The average Bonchev–Trinajstić information content (AvgIpc) is 2.14. The van der Waals surface area contributed by atoms with Gasteiger partial charge in [0.1, 0.15) is 18.5 Å². The number of carbonyl (C=O) groups excluding carboxylic acids is 1. The smallest absolute Gasteiger partial charge is 0.120 e. The molecule has 0 aromatic heterocycles. The normalized spacial score (nSPS) is 20.4. The first-order valence-electron chi connectivity index (χ1n) is 4.13. The summed E-state index contributed by atoms with van der Waals surface area (Å²) in [5.41, 5.74) is 0. The van der Waals surface area contributed by atoms with Gasteiger partial charge in [-0.25, -0.2) is 0 Å². The Morgan fingerprint density at radius 3 is 2.15 bits per heavy atom. The third-order valence-electron chi connectivity index (χ3n) is 1.98. The van der Waals surface area contributed by atoms with Crippen LogP contribution in [0.3, 0.4) is 0 Å². The zero-order chi connectivity index (χ0) is 10.4. The molecule has 0 aromatic rings. The van der Waals surface area contributed by atoms with Crippen molar-refractivity contribution in [2.24, 2.45) is 5.92 Å². The largest absolute Gasteiger partial charge is 0.394 e. The van der Waals surface area contributed by atoms with E-state index < -0.39 is 30.8 Å². The first kappa shape index (κ1) is 12.5. The SMILES string of the molecule is C[C@H](CC=O)[C@@H](O)[C@H](O)[C@H](O)CO. The molecule has 78 valence electrons. The summed E-state index contributed by atoms with van der Waals surface area (Å²) in [6, 6.07) is 0. The van der Waals surface area contributed by atoms with Gasteiger partial charge in [-0.3, -0.25) is 0 Å². The standard InChI is InChI=1S/C8H16O5/c1-5(2-3-9)7(12)8(13)6(11)4-10/h3,5-8,10-13H,2,4H2,1H3/t5-,6-,7-,8-/m1/s1. The molecule has 5 nitrogen and oxygen atoms in total. The molecular weight excluding hydrogens is 176 g/mol. The molecule has 0 aliphatic carbocycles. The van der Waals surface area contributed by atoms with E-state index in [0.29, 0.717) is 6.29 Å². The predicted octanol–water partition coefficient (Wildman–Crippen LogP) is -1.71. The highest BCUT2D eigenvalue weighted by Gasteiger charge is 2.28. The number of aliphatic hydroxyl groups excluding tert-OH is 4. The van der Waals surface area contributed by atoms with Crippen LogP contribution < -0.4 is 0 Å². The van der Waals surface area contributed by atoms with Crippen molar-refractivity contribution in [2.45, 2.75) is 31.7 Å². The summed E-state index contributed by atoms with van der Waals surface area (Å²) < 4.78 is 0. The highest BCUT2D eigenvalue weighted by molar-refractivity contribution is 5.49. The van der Waals surface area contributed by atoms with Gasteiger partial charge >= 0.3 is 0 Å². The molecule has 0 heterocycles. The van der Waals surface area contributed by atoms with Crippen molar-refractivity contribution in [3.8, 4) is 0 Å². The fraction of sp³-hybridized carbons (Fsp3) is 0.875. The first-order valence-corrected chi connectivity index (χ1v) is 4.13. The molecule has 0 amide bonds. The Balaban J connectivity index is 4.06.